The van der Waals surface area contributed by atoms with Gasteiger partial charge in [0.05, 0.1) is 22.4 Å². The highest BCUT2D eigenvalue weighted by molar-refractivity contribution is 6.34. The van der Waals surface area contributed by atoms with Crippen LogP contribution in [0, 0.1) is 0 Å². The number of rotatable bonds is 10. The summed E-state index contributed by atoms with van der Waals surface area (Å²) in [6, 6.07) is 26.2. The monoisotopic (exact) mass is 578 g/mol. The van der Waals surface area contributed by atoms with Gasteiger partial charge in [-0.3, -0.25) is 9.59 Å². The number of nitrogens with one attached hydrogen (secondary N) is 1. The van der Waals surface area contributed by atoms with Gasteiger partial charge in [0.15, 0.2) is 0 Å². The van der Waals surface area contributed by atoms with Gasteiger partial charge in [-0.25, -0.2) is 9.69 Å². The van der Waals surface area contributed by atoms with Crippen LogP contribution in [0.25, 0.3) is 11.1 Å². The van der Waals surface area contributed by atoms with Crippen molar-refractivity contribution in [2.24, 2.45) is 0 Å². The minimum absolute atomic E-state index is 0.0315. The maximum Gasteiger partial charge on any atom is 0.335 e. The van der Waals surface area contributed by atoms with Gasteiger partial charge >= 0.3 is 5.97 Å². The summed E-state index contributed by atoms with van der Waals surface area (Å²) in [6.07, 6.45) is 0.899. The highest BCUT2D eigenvalue weighted by Crippen LogP contribution is 2.32. The van der Waals surface area contributed by atoms with E-state index in [1.54, 1.807) is 60.7 Å². The van der Waals surface area contributed by atoms with Crippen molar-refractivity contribution in [3.05, 3.63) is 113 Å². The van der Waals surface area contributed by atoms with Crippen molar-refractivity contribution in [2.75, 3.05) is 24.6 Å². The molecule has 43 heavy (non-hydrogen) atoms. The van der Waals surface area contributed by atoms with Gasteiger partial charge in [0.25, 0.3) is 11.8 Å². The number of carboxylic acids is 1. The number of nitrogens with zero attached hydrogens (tertiary/aromatic N) is 1. The Hall–Kier alpha value is -4.99. The quantitative estimate of drug-likeness (QED) is 0.234. The fraction of sp³-hybridized carbons (Fsp3) is 0.206. The van der Waals surface area contributed by atoms with Crippen molar-refractivity contribution in [1.82, 2.24) is 5.32 Å². The molecule has 9 heteroatoms. The predicted octanol–water partition coefficient (Wildman–Crippen LogP) is 4.58. The number of aryl methyl sites for hydroxylation is 1. The lowest BCUT2D eigenvalue weighted by atomic mass is 9.96. The van der Waals surface area contributed by atoms with Crippen LogP contribution in [-0.4, -0.2) is 59.9 Å². The fourth-order valence-corrected chi connectivity index (χ4v) is 5.35. The van der Waals surface area contributed by atoms with Crippen molar-refractivity contribution in [2.45, 2.75) is 25.0 Å². The van der Waals surface area contributed by atoms with Crippen LogP contribution in [0.4, 0.5) is 5.69 Å². The maximum absolute atomic E-state index is 12.7. The first-order chi connectivity index (χ1) is 20.9. The van der Waals surface area contributed by atoms with Gasteiger partial charge < -0.3 is 25.0 Å². The summed E-state index contributed by atoms with van der Waals surface area (Å²) >= 11 is 0. The number of carboxylic acid groups (broad SMARTS) is 1. The second-order valence-corrected chi connectivity index (χ2v) is 10.6. The van der Waals surface area contributed by atoms with Gasteiger partial charge in [-0.05, 0) is 90.2 Å². The van der Waals surface area contributed by atoms with Gasteiger partial charge in [0, 0.05) is 13.1 Å². The average Bonchev–Trinajstić information content (AvgIpc) is 3.29. The van der Waals surface area contributed by atoms with Crippen molar-refractivity contribution >= 4 is 23.5 Å². The van der Waals surface area contributed by atoms with Crippen LogP contribution < -0.4 is 19.7 Å². The molecule has 4 aromatic carbocycles. The number of fused-ring (bicyclic) bond motifs is 2. The fourth-order valence-electron chi connectivity index (χ4n) is 5.35. The molecule has 1 unspecified atom stereocenters. The average molecular weight is 579 g/mol. The number of imide groups is 1. The Morgan fingerprint density at radius 3 is 2.28 bits per heavy atom. The van der Waals surface area contributed by atoms with E-state index in [4.69, 9.17) is 14.6 Å². The summed E-state index contributed by atoms with van der Waals surface area (Å²) < 4.78 is 11.9. The van der Waals surface area contributed by atoms with Crippen LogP contribution in [0.3, 0.4) is 0 Å². The number of ether oxygens (including phenoxy) is 2. The highest BCUT2D eigenvalue weighted by atomic mass is 16.5. The van der Waals surface area contributed by atoms with Crippen LogP contribution in [0.15, 0.2) is 91.0 Å². The van der Waals surface area contributed by atoms with Gasteiger partial charge in [0.2, 0.25) is 0 Å². The Morgan fingerprint density at radius 1 is 0.930 bits per heavy atom. The van der Waals surface area contributed by atoms with Gasteiger partial charge in [-0.2, -0.15) is 0 Å². The Bertz CT molecular complexity index is 1630. The Labute approximate surface area is 248 Å². The number of carbonyl (C=O) groups is 3. The molecule has 2 atom stereocenters. The maximum atomic E-state index is 12.7. The standard InChI is InChI=1S/C34H30N2O7/c37-26(20-42-27-14-11-25(12-15-27)36-32(38)29-3-1-2-4-30(29)33(36)39)18-35-19-28-13-9-24-17-23(10-16-31(24)43-28)21-5-7-22(8-6-21)34(40)41/h1-8,10-12,14-17,26,28,35,37H,9,13,18-20H2,(H,40,41)/t26?,28-/m1/s1. The molecule has 0 saturated heterocycles. The van der Waals surface area contributed by atoms with Crippen LogP contribution in [0.1, 0.15) is 43.1 Å². The van der Waals surface area contributed by atoms with Gasteiger partial charge in [-0.15, -0.1) is 0 Å². The SMILES string of the molecule is O=C(O)c1ccc(-c2ccc3c(c2)CC[C@H](CNCC(O)COc2ccc(N4C(=O)c5ccccc5C4=O)cc2)O3)cc1. The molecule has 0 aromatic heterocycles. The van der Waals surface area contributed by atoms with Crippen LogP contribution in [0.5, 0.6) is 11.5 Å². The Morgan fingerprint density at radius 2 is 1.60 bits per heavy atom. The van der Waals surface area contributed by atoms with Crippen LogP contribution in [0.2, 0.25) is 0 Å². The number of hydrogen-bond donors (Lipinski definition) is 3. The summed E-state index contributed by atoms with van der Waals surface area (Å²) in [5.41, 5.74) is 4.57. The molecule has 0 spiro atoms. The van der Waals surface area contributed by atoms with Crippen LogP contribution >= 0.6 is 0 Å². The second kappa shape index (κ2) is 12.1. The van der Waals surface area contributed by atoms with Crippen molar-refractivity contribution in [3.8, 4) is 22.6 Å². The number of hydrogen-bond acceptors (Lipinski definition) is 7. The van der Waals surface area contributed by atoms with E-state index in [0.29, 0.717) is 35.7 Å². The number of carbonyl (C=O) groups excluding carboxylic acids is 2. The number of amides is 2. The molecule has 2 heterocycles. The molecule has 3 N–H and O–H groups in total. The van der Waals surface area contributed by atoms with E-state index in [2.05, 4.69) is 11.4 Å². The smallest absolute Gasteiger partial charge is 0.335 e. The molecule has 6 rings (SSSR count). The van der Waals surface area contributed by atoms with E-state index in [1.165, 1.54) is 0 Å². The molecule has 0 saturated carbocycles. The summed E-state index contributed by atoms with van der Waals surface area (Å²) in [6.45, 7) is 0.971. The summed E-state index contributed by atoms with van der Waals surface area (Å²) in [5.74, 6) is -0.299. The number of aromatic carboxylic acids is 1. The third kappa shape index (κ3) is 5.99. The first-order valence-corrected chi connectivity index (χ1v) is 14.1. The van der Waals surface area contributed by atoms with E-state index < -0.39 is 12.1 Å². The first-order valence-electron chi connectivity index (χ1n) is 14.1. The summed E-state index contributed by atoms with van der Waals surface area (Å²) in [4.78, 5) is 37.6. The third-order valence-corrected chi connectivity index (χ3v) is 7.64. The van der Waals surface area contributed by atoms with Crippen molar-refractivity contribution in [1.29, 1.82) is 0 Å². The highest BCUT2D eigenvalue weighted by Gasteiger charge is 2.36. The number of benzene rings is 4. The molecule has 4 aromatic rings. The third-order valence-electron chi connectivity index (χ3n) is 7.64. The normalized spacial score (nSPS) is 16.3. The number of aliphatic hydroxyl groups is 1. The predicted molar refractivity (Wildman–Crippen MR) is 160 cm³/mol. The zero-order chi connectivity index (χ0) is 29.9. The molecule has 0 aliphatic carbocycles. The Kier molecular flexibility index (Phi) is 7.91. The summed E-state index contributed by atoms with van der Waals surface area (Å²) in [5, 5.41) is 22.8. The van der Waals surface area contributed by atoms with Gasteiger partial charge in [-0.1, -0.05) is 30.3 Å². The van der Waals surface area contributed by atoms with Crippen LogP contribution in [-0.2, 0) is 6.42 Å². The molecule has 0 fully saturated rings. The van der Waals surface area contributed by atoms with E-state index >= 15 is 0 Å². The second-order valence-electron chi connectivity index (χ2n) is 10.6. The molecule has 0 bridgehead atoms. The van der Waals surface area contributed by atoms with E-state index in [0.717, 1.165) is 40.2 Å². The zero-order valence-corrected chi connectivity index (χ0v) is 23.2. The number of aliphatic hydroxyl groups excluding tert-OH is 1. The van der Waals surface area contributed by atoms with E-state index in [9.17, 15) is 19.5 Å². The molecule has 9 nitrogen and oxygen atoms in total. The van der Waals surface area contributed by atoms with Gasteiger partial charge in [0.1, 0.15) is 30.3 Å². The largest absolute Gasteiger partial charge is 0.491 e. The molecule has 2 amide bonds. The molecule has 2 aliphatic rings. The minimum atomic E-state index is -0.945. The van der Waals surface area contributed by atoms with Crippen molar-refractivity contribution < 1.29 is 34.1 Å². The molecule has 218 valence electrons. The summed E-state index contributed by atoms with van der Waals surface area (Å²) in [7, 11) is 0. The zero-order valence-electron chi connectivity index (χ0n) is 23.2. The molecular weight excluding hydrogens is 548 g/mol. The topological polar surface area (TPSA) is 125 Å². The Balaban J connectivity index is 0.947. The first kappa shape index (κ1) is 28.1. The molecule has 0 radical (unpaired) electrons. The number of anilines is 1. The lowest BCUT2D eigenvalue weighted by Gasteiger charge is -2.27. The van der Waals surface area contributed by atoms with Crippen molar-refractivity contribution in [3.63, 3.8) is 0 Å². The lowest BCUT2D eigenvalue weighted by Crippen LogP contribution is -2.39. The van der Waals surface area contributed by atoms with E-state index in [-0.39, 0.29) is 30.1 Å². The lowest BCUT2D eigenvalue weighted by molar-refractivity contribution is 0.0696. The molecular formula is C34H30N2O7. The minimum Gasteiger partial charge on any atom is -0.491 e. The molecule has 2 aliphatic heterocycles. The van der Waals surface area contributed by atoms with E-state index in [1.807, 2.05) is 24.3 Å².